The van der Waals surface area contributed by atoms with Crippen LogP contribution in [-0.2, 0) is 9.59 Å². The summed E-state index contributed by atoms with van der Waals surface area (Å²) >= 11 is 0. The SMILES string of the molecule is CC(=O)c1ccccc1C(=O)N1CCC[C@H]1C(=O)Nc1ccc(/C=C/c2ccc(NC(=O)[C@@H]3CCCN3C(=O)c3ccccc3C(C)=O)cc2)cc1. The third-order valence-corrected chi connectivity index (χ3v) is 9.53. The van der Waals surface area contributed by atoms with Gasteiger partial charge in [-0.15, -0.1) is 0 Å². The van der Waals surface area contributed by atoms with Gasteiger partial charge in [0.05, 0.1) is 11.1 Å². The Balaban J connectivity index is 1.03. The molecule has 4 amide bonds. The number of likely N-dealkylation sites (tertiary alicyclic amines) is 2. The van der Waals surface area contributed by atoms with E-state index in [0.29, 0.717) is 72.4 Å². The van der Waals surface area contributed by atoms with E-state index in [4.69, 9.17) is 0 Å². The van der Waals surface area contributed by atoms with Gasteiger partial charge >= 0.3 is 0 Å². The van der Waals surface area contributed by atoms with Gasteiger partial charge in [-0.25, -0.2) is 0 Å². The van der Waals surface area contributed by atoms with Crippen molar-refractivity contribution in [3.63, 3.8) is 0 Å². The van der Waals surface area contributed by atoms with E-state index >= 15 is 0 Å². The molecular weight excluding hydrogens is 656 g/mol. The fraction of sp³-hybridized carbons (Fsp3) is 0.238. The predicted octanol–water partition coefficient (Wildman–Crippen LogP) is 6.75. The van der Waals surface area contributed by atoms with Crippen molar-refractivity contribution in [1.82, 2.24) is 9.80 Å². The number of carbonyl (C=O) groups is 6. The summed E-state index contributed by atoms with van der Waals surface area (Å²) in [7, 11) is 0. The number of amides is 4. The summed E-state index contributed by atoms with van der Waals surface area (Å²) in [5, 5.41) is 5.86. The number of Topliss-reactive ketones (excluding diaryl/α,β-unsaturated/α-hetero) is 2. The van der Waals surface area contributed by atoms with Crippen LogP contribution in [0.15, 0.2) is 97.1 Å². The molecule has 10 heteroatoms. The van der Waals surface area contributed by atoms with Gasteiger partial charge in [-0.05, 0) is 87.1 Å². The van der Waals surface area contributed by atoms with Crippen LogP contribution >= 0.6 is 0 Å². The predicted molar refractivity (Wildman–Crippen MR) is 200 cm³/mol. The van der Waals surface area contributed by atoms with Gasteiger partial charge in [0, 0.05) is 35.6 Å². The molecule has 10 nitrogen and oxygen atoms in total. The van der Waals surface area contributed by atoms with Crippen molar-refractivity contribution in [2.75, 3.05) is 23.7 Å². The van der Waals surface area contributed by atoms with Gasteiger partial charge in [-0.3, -0.25) is 28.8 Å². The summed E-state index contributed by atoms with van der Waals surface area (Å²) in [6.07, 6.45) is 6.34. The largest absolute Gasteiger partial charge is 0.327 e. The average molecular weight is 697 g/mol. The molecule has 0 unspecified atom stereocenters. The molecule has 4 aromatic carbocycles. The van der Waals surface area contributed by atoms with Gasteiger partial charge in [0.2, 0.25) is 11.8 Å². The van der Waals surface area contributed by atoms with Crippen LogP contribution in [0.5, 0.6) is 0 Å². The van der Waals surface area contributed by atoms with Crippen molar-refractivity contribution in [3.8, 4) is 0 Å². The standard InChI is InChI=1S/C42H40N4O6/c1-27(47)33-9-3-5-11-35(33)41(51)45-25-7-13-37(45)39(49)43-31-21-17-29(18-22-31)15-16-30-19-23-32(24-20-30)44-40(50)38-14-8-26-46(38)42(52)36-12-6-4-10-34(36)28(2)48/h3-6,9-12,15-24,37-38H,7-8,13-14,25-26H2,1-2H3,(H,43,49)(H,44,50)/b16-15+/t37-,38-/m0/s1. The Morgan fingerprint density at radius 1 is 0.519 bits per heavy atom. The molecule has 0 saturated carbocycles. The third kappa shape index (κ3) is 7.91. The minimum atomic E-state index is -0.630. The van der Waals surface area contributed by atoms with Crippen molar-refractivity contribution in [1.29, 1.82) is 0 Å². The second-order valence-corrected chi connectivity index (χ2v) is 13.1. The Hall–Kier alpha value is -6.16. The Kier molecular flexibility index (Phi) is 10.8. The van der Waals surface area contributed by atoms with E-state index < -0.39 is 12.1 Å². The zero-order chi connectivity index (χ0) is 36.8. The number of rotatable bonds is 10. The molecule has 2 aliphatic heterocycles. The highest BCUT2D eigenvalue weighted by atomic mass is 16.2. The number of ketones is 2. The number of nitrogens with zero attached hydrogens (tertiary/aromatic N) is 2. The van der Waals surface area contributed by atoms with Crippen LogP contribution in [-0.4, -0.2) is 70.2 Å². The van der Waals surface area contributed by atoms with Crippen LogP contribution in [0.4, 0.5) is 11.4 Å². The number of anilines is 2. The molecule has 2 heterocycles. The first kappa shape index (κ1) is 35.7. The maximum Gasteiger partial charge on any atom is 0.255 e. The van der Waals surface area contributed by atoms with E-state index in [1.165, 1.54) is 13.8 Å². The first-order chi connectivity index (χ1) is 25.1. The summed E-state index contributed by atoms with van der Waals surface area (Å²) in [5.41, 5.74) is 4.35. The zero-order valence-corrected chi connectivity index (χ0v) is 29.1. The highest BCUT2D eigenvalue weighted by molar-refractivity contribution is 6.10. The fourth-order valence-corrected chi connectivity index (χ4v) is 6.83. The van der Waals surface area contributed by atoms with Gasteiger partial charge in [0.15, 0.2) is 11.6 Å². The van der Waals surface area contributed by atoms with Crippen molar-refractivity contribution >= 4 is 58.7 Å². The lowest BCUT2D eigenvalue weighted by atomic mass is 10.0. The average Bonchev–Trinajstić information content (AvgIpc) is 3.86. The van der Waals surface area contributed by atoms with Crippen LogP contribution in [0.25, 0.3) is 12.2 Å². The third-order valence-electron chi connectivity index (χ3n) is 9.53. The van der Waals surface area contributed by atoms with E-state index in [1.807, 2.05) is 36.4 Å². The number of nitrogens with one attached hydrogen (secondary N) is 2. The molecule has 2 saturated heterocycles. The molecule has 2 fully saturated rings. The molecule has 2 aliphatic rings. The summed E-state index contributed by atoms with van der Waals surface area (Å²) < 4.78 is 0. The van der Waals surface area contributed by atoms with E-state index in [-0.39, 0.29) is 35.2 Å². The summed E-state index contributed by atoms with van der Waals surface area (Å²) in [5.74, 6) is -1.58. The lowest BCUT2D eigenvalue weighted by Crippen LogP contribution is -2.43. The van der Waals surface area contributed by atoms with Crippen molar-refractivity contribution in [2.45, 2.75) is 51.6 Å². The quantitative estimate of drug-likeness (QED) is 0.139. The normalized spacial score (nSPS) is 16.9. The van der Waals surface area contributed by atoms with Crippen molar-refractivity contribution < 1.29 is 28.8 Å². The molecule has 4 aromatic rings. The molecule has 6 rings (SSSR count). The molecule has 2 N–H and O–H groups in total. The monoisotopic (exact) mass is 696 g/mol. The van der Waals surface area contributed by atoms with Crippen LogP contribution in [0, 0.1) is 0 Å². The van der Waals surface area contributed by atoms with Gasteiger partial charge in [-0.2, -0.15) is 0 Å². The second-order valence-electron chi connectivity index (χ2n) is 13.1. The van der Waals surface area contributed by atoms with Gasteiger partial charge in [0.25, 0.3) is 11.8 Å². The molecule has 52 heavy (non-hydrogen) atoms. The van der Waals surface area contributed by atoms with E-state index in [9.17, 15) is 28.8 Å². The highest BCUT2D eigenvalue weighted by Crippen LogP contribution is 2.26. The fourth-order valence-electron chi connectivity index (χ4n) is 6.83. The van der Waals surface area contributed by atoms with Crippen molar-refractivity contribution in [2.24, 2.45) is 0 Å². The van der Waals surface area contributed by atoms with E-state index in [0.717, 1.165) is 11.1 Å². The van der Waals surface area contributed by atoms with Gasteiger partial charge in [0.1, 0.15) is 12.1 Å². The Morgan fingerprint density at radius 2 is 0.865 bits per heavy atom. The summed E-state index contributed by atoms with van der Waals surface area (Å²) in [4.78, 5) is 80.4. The lowest BCUT2D eigenvalue weighted by molar-refractivity contribution is -0.120. The van der Waals surface area contributed by atoms with Crippen LogP contribution in [0.3, 0.4) is 0 Å². The van der Waals surface area contributed by atoms with Gasteiger partial charge < -0.3 is 20.4 Å². The summed E-state index contributed by atoms with van der Waals surface area (Å²) in [6, 6.07) is 26.8. The Morgan fingerprint density at radius 3 is 1.21 bits per heavy atom. The number of hydrogen-bond donors (Lipinski definition) is 2. The maximum absolute atomic E-state index is 13.3. The smallest absolute Gasteiger partial charge is 0.255 e. The molecule has 264 valence electrons. The van der Waals surface area contributed by atoms with E-state index in [2.05, 4.69) is 10.6 Å². The molecule has 0 aromatic heterocycles. The topological polar surface area (TPSA) is 133 Å². The minimum Gasteiger partial charge on any atom is -0.327 e. The first-order valence-corrected chi connectivity index (χ1v) is 17.4. The highest BCUT2D eigenvalue weighted by Gasteiger charge is 2.37. The minimum absolute atomic E-state index is 0.197. The first-order valence-electron chi connectivity index (χ1n) is 17.4. The van der Waals surface area contributed by atoms with Crippen molar-refractivity contribution in [3.05, 3.63) is 130 Å². The Labute approximate surface area is 302 Å². The molecule has 0 radical (unpaired) electrons. The van der Waals surface area contributed by atoms with Crippen LogP contribution < -0.4 is 10.6 Å². The second kappa shape index (κ2) is 15.8. The number of benzene rings is 4. The molecule has 0 aliphatic carbocycles. The van der Waals surface area contributed by atoms with Crippen LogP contribution in [0.1, 0.15) is 92.1 Å². The molecule has 0 spiro atoms. The van der Waals surface area contributed by atoms with Crippen LogP contribution in [0.2, 0.25) is 0 Å². The van der Waals surface area contributed by atoms with Gasteiger partial charge in [-0.1, -0.05) is 72.8 Å². The maximum atomic E-state index is 13.3. The number of hydrogen-bond acceptors (Lipinski definition) is 6. The van der Waals surface area contributed by atoms with E-state index in [1.54, 1.807) is 82.6 Å². The molecule has 2 atom stereocenters. The Bertz CT molecular complexity index is 1910. The zero-order valence-electron chi connectivity index (χ0n) is 29.1. The lowest BCUT2D eigenvalue weighted by Gasteiger charge is -2.25. The summed E-state index contributed by atoms with van der Waals surface area (Å²) in [6.45, 7) is 3.74. The molecule has 0 bridgehead atoms. The number of carbonyl (C=O) groups excluding carboxylic acids is 6. The molecular formula is C42H40N4O6.